The molecule has 0 saturated heterocycles. The molecule has 0 aliphatic heterocycles. The van der Waals surface area contributed by atoms with Gasteiger partial charge in [0.15, 0.2) is 4.67 Å². The van der Waals surface area contributed by atoms with E-state index >= 15 is 0 Å². The van der Waals surface area contributed by atoms with Crippen LogP contribution in [0.5, 0.6) is 0 Å². The van der Waals surface area contributed by atoms with E-state index in [0.29, 0.717) is 0 Å². The maximum Gasteiger partial charge on any atom is 0.171 e. The van der Waals surface area contributed by atoms with Crippen molar-refractivity contribution >= 4 is 15.9 Å². The summed E-state index contributed by atoms with van der Waals surface area (Å²) in [6.07, 6.45) is 6.96. The Bertz CT molecular complexity index is 339. The first-order valence-electron chi connectivity index (χ1n) is 3.08. The van der Waals surface area contributed by atoms with Crippen molar-refractivity contribution in [1.82, 2.24) is 9.55 Å². The van der Waals surface area contributed by atoms with E-state index in [4.69, 9.17) is 4.42 Å². The predicted octanol–water partition coefficient (Wildman–Crippen LogP) is 2.23. The molecule has 3 nitrogen and oxygen atoms in total. The summed E-state index contributed by atoms with van der Waals surface area (Å²) in [6, 6.07) is 1.88. The maximum atomic E-state index is 5.06. The van der Waals surface area contributed by atoms with E-state index in [-0.39, 0.29) is 0 Å². The Labute approximate surface area is 71.8 Å². The van der Waals surface area contributed by atoms with Gasteiger partial charge in [0.05, 0.1) is 12.0 Å². The Hall–Kier alpha value is -1.03. The summed E-state index contributed by atoms with van der Waals surface area (Å²) in [5, 5.41) is 0. The summed E-state index contributed by atoms with van der Waals surface area (Å²) in [7, 11) is 0. The van der Waals surface area contributed by atoms with Crippen LogP contribution in [-0.2, 0) is 0 Å². The van der Waals surface area contributed by atoms with Gasteiger partial charge in [-0.05, 0) is 15.9 Å². The minimum absolute atomic E-state index is 0.723. The van der Waals surface area contributed by atoms with Gasteiger partial charge in [-0.1, -0.05) is 0 Å². The van der Waals surface area contributed by atoms with Crippen molar-refractivity contribution in [2.75, 3.05) is 0 Å². The highest BCUT2D eigenvalue weighted by Gasteiger charge is 1.98. The zero-order valence-electron chi connectivity index (χ0n) is 5.57. The molecule has 0 radical (unpaired) electrons. The molecule has 2 heterocycles. The monoisotopic (exact) mass is 212 g/mol. The van der Waals surface area contributed by atoms with Gasteiger partial charge in [0.2, 0.25) is 0 Å². The topological polar surface area (TPSA) is 31.0 Å². The molecule has 0 unspecified atom stereocenters. The first kappa shape index (κ1) is 6.67. The highest BCUT2D eigenvalue weighted by atomic mass is 79.9. The van der Waals surface area contributed by atoms with Crippen molar-refractivity contribution in [3.05, 3.63) is 35.7 Å². The molecule has 0 aliphatic rings. The summed E-state index contributed by atoms with van der Waals surface area (Å²) in [6.45, 7) is 0. The molecule has 2 aromatic rings. The Morgan fingerprint density at radius 2 is 2.45 bits per heavy atom. The zero-order valence-corrected chi connectivity index (χ0v) is 7.15. The van der Waals surface area contributed by atoms with Crippen molar-refractivity contribution < 1.29 is 4.42 Å². The van der Waals surface area contributed by atoms with Crippen molar-refractivity contribution in [3.63, 3.8) is 0 Å². The van der Waals surface area contributed by atoms with Crippen LogP contribution in [0.1, 0.15) is 0 Å². The lowest BCUT2D eigenvalue weighted by atomic mass is 10.5. The van der Waals surface area contributed by atoms with E-state index < -0.39 is 0 Å². The van der Waals surface area contributed by atoms with E-state index in [2.05, 4.69) is 20.9 Å². The molecule has 4 heteroatoms. The van der Waals surface area contributed by atoms with Crippen molar-refractivity contribution in [1.29, 1.82) is 0 Å². The lowest BCUT2D eigenvalue weighted by Gasteiger charge is -1.91. The average Bonchev–Trinajstić information content (AvgIpc) is 2.55. The molecular weight excluding hydrogens is 208 g/mol. The summed E-state index contributed by atoms with van der Waals surface area (Å²) >= 11 is 3.22. The molecule has 11 heavy (non-hydrogen) atoms. The van der Waals surface area contributed by atoms with Crippen molar-refractivity contribution in [2.24, 2.45) is 0 Å². The zero-order chi connectivity index (χ0) is 7.68. The Morgan fingerprint density at radius 3 is 3.00 bits per heavy atom. The molecule has 2 rings (SSSR count). The van der Waals surface area contributed by atoms with Gasteiger partial charge in [0, 0.05) is 18.5 Å². The molecule has 2 aromatic heterocycles. The van der Waals surface area contributed by atoms with E-state index in [9.17, 15) is 0 Å². The highest BCUT2D eigenvalue weighted by molar-refractivity contribution is 9.10. The van der Waals surface area contributed by atoms with Crippen LogP contribution >= 0.6 is 15.9 Å². The number of halogens is 1. The van der Waals surface area contributed by atoms with Gasteiger partial charge in [-0.2, -0.15) is 0 Å². The van der Waals surface area contributed by atoms with Gasteiger partial charge in [0.25, 0.3) is 0 Å². The number of hydrogen-bond acceptors (Lipinski definition) is 2. The van der Waals surface area contributed by atoms with E-state index in [1.165, 1.54) is 0 Å². The van der Waals surface area contributed by atoms with Crippen LogP contribution in [0.2, 0.25) is 0 Å². The van der Waals surface area contributed by atoms with Crippen molar-refractivity contribution in [2.45, 2.75) is 0 Å². The molecule has 0 saturated carbocycles. The number of rotatable bonds is 1. The van der Waals surface area contributed by atoms with E-state index in [1.54, 1.807) is 18.8 Å². The smallest absolute Gasteiger partial charge is 0.171 e. The van der Waals surface area contributed by atoms with Gasteiger partial charge in [-0.15, -0.1) is 0 Å². The largest absolute Gasteiger partial charge is 0.455 e. The van der Waals surface area contributed by atoms with Gasteiger partial charge < -0.3 is 8.98 Å². The Kier molecular flexibility index (Phi) is 1.54. The number of aromatic nitrogens is 2. The van der Waals surface area contributed by atoms with Gasteiger partial charge in [0.1, 0.15) is 6.26 Å². The van der Waals surface area contributed by atoms with Crippen LogP contribution < -0.4 is 0 Å². The first-order valence-corrected chi connectivity index (χ1v) is 3.88. The molecule has 0 aromatic carbocycles. The summed E-state index contributed by atoms with van der Waals surface area (Å²) in [4.78, 5) is 3.91. The molecule has 0 atom stereocenters. The van der Waals surface area contributed by atoms with Crippen LogP contribution in [0.15, 0.2) is 40.1 Å². The second kappa shape index (κ2) is 2.54. The van der Waals surface area contributed by atoms with Gasteiger partial charge in [-0.3, -0.25) is 0 Å². The SMILES string of the molecule is Brc1cc(-n2ccnc2)co1. The second-order valence-corrected chi connectivity index (χ2v) is 2.86. The van der Waals surface area contributed by atoms with Crippen LogP contribution in [-0.4, -0.2) is 9.55 Å². The number of nitrogens with zero attached hydrogens (tertiary/aromatic N) is 2. The van der Waals surface area contributed by atoms with Gasteiger partial charge in [-0.25, -0.2) is 4.98 Å². The third kappa shape index (κ3) is 1.21. The summed E-state index contributed by atoms with van der Waals surface area (Å²) in [5.41, 5.74) is 0.967. The Balaban J connectivity index is 2.45. The lowest BCUT2D eigenvalue weighted by Crippen LogP contribution is -1.84. The van der Waals surface area contributed by atoms with Crippen LogP contribution in [0.25, 0.3) is 5.69 Å². The maximum absolute atomic E-state index is 5.06. The fraction of sp³-hybridized carbons (Fsp3) is 0. The normalized spacial score (nSPS) is 10.3. The van der Waals surface area contributed by atoms with Crippen LogP contribution in [0.3, 0.4) is 0 Å². The molecule has 0 fully saturated rings. The Morgan fingerprint density at radius 1 is 1.55 bits per heavy atom. The average molecular weight is 213 g/mol. The fourth-order valence-corrected chi connectivity index (χ4v) is 1.18. The quantitative estimate of drug-likeness (QED) is 0.727. The van der Waals surface area contributed by atoms with Crippen molar-refractivity contribution in [3.8, 4) is 5.69 Å². The van der Waals surface area contributed by atoms with E-state index in [0.717, 1.165) is 10.4 Å². The third-order valence-corrected chi connectivity index (χ3v) is 1.77. The molecule has 0 aliphatic carbocycles. The van der Waals surface area contributed by atoms with Gasteiger partial charge >= 0.3 is 0 Å². The predicted molar refractivity (Wildman–Crippen MR) is 43.5 cm³/mol. The standard InChI is InChI=1S/C7H5BrN2O/c8-7-3-6(4-11-7)10-2-1-9-5-10/h1-5H. The summed E-state index contributed by atoms with van der Waals surface area (Å²) in [5.74, 6) is 0. The highest BCUT2D eigenvalue weighted by Crippen LogP contribution is 2.16. The first-order chi connectivity index (χ1) is 5.36. The lowest BCUT2D eigenvalue weighted by molar-refractivity contribution is 0.540. The van der Waals surface area contributed by atoms with E-state index in [1.807, 2.05) is 16.8 Å². The summed E-state index contributed by atoms with van der Waals surface area (Å²) < 4.78 is 7.65. The minimum Gasteiger partial charge on any atom is -0.455 e. The minimum atomic E-state index is 0.723. The second-order valence-electron chi connectivity index (χ2n) is 2.08. The fourth-order valence-electron chi connectivity index (χ4n) is 0.848. The third-order valence-electron chi connectivity index (χ3n) is 1.36. The van der Waals surface area contributed by atoms with Crippen LogP contribution in [0, 0.1) is 0 Å². The number of hydrogen-bond donors (Lipinski definition) is 0. The molecule has 56 valence electrons. The molecule has 0 spiro atoms. The molecule has 0 N–H and O–H groups in total. The number of imidazole rings is 1. The molecular formula is C7H5BrN2O. The number of furan rings is 1. The van der Waals surface area contributed by atoms with Crippen LogP contribution in [0.4, 0.5) is 0 Å². The molecule has 0 amide bonds. The molecule has 0 bridgehead atoms.